The van der Waals surface area contributed by atoms with Gasteiger partial charge < -0.3 is 11.1 Å². The number of nitrogens with two attached hydrogens (primary N) is 1. The van der Waals surface area contributed by atoms with Crippen molar-refractivity contribution < 1.29 is 0 Å². The molecule has 3 N–H and O–H groups in total. The number of benzene rings is 1. The summed E-state index contributed by atoms with van der Waals surface area (Å²) in [4.78, 5) is 7.32. The largest absolute Gasteiger partial charge is 0.389 e. The van der Waals surface area contributed by atoms with Crippen LogP contribution in [0.1, 0.15) is 23.1 Å². The maximum atomic E-state index is 5.87. The summed E-state index contributed by atoms with van der Waals surface area (Å²) in [6, 6.07) is 6.00. The van der Waals surface area contributed by atoms with Gasteiger partial charge in [0.05, 0.1) is 11.4 Å². The lowest BCUT2D eigenvalue weighted by atomic mass is 10.2. The minimum atomic E-state index is 0.404. The van der Waals surface area contributed by atoms with Crippen LogP contribution in [-0.4, -0.2) is 16.2 Å². The van der Waals surface area contributed by atoms with E-state index in [0.29, 0.717) is 4.99 Å². The molecule has 0 fully saturated rings. The third-order valence-electron chi connectivity index (χ3n) is 2.96. The number of hydrogen-bond acceptors (Lipinski definition) is 5. The van der Waals surface area contributed by atoms with E-state index in [1.54, 1.807) is 23.1 Å². The predicted octanol–water partition coefficient (Wildman–Crippen LogP) is 4.11. The van der Waals surface area contributed by atoms with Crippen molar-refractivity contribution in [2.24, 2.45) is 5.73 Å². The van der Waals surface area contributed by atoms with E-state index in [0.717, 1.165) is 33.4 Å². The maximum absolute atomic E-state index is 5.87. The Morgan fingerprint density at radius 1 is 1.50 bits per heavy atom. The van der Waals surface area contributed by atoms with E-state index in [-0.39, 0.29) is 0 Å². The normalized spacial score (nSPS) is 10.6. The highest BCUT2D eigenvalue weighted by Gasteiger charge is 2.13. The van der Waals surface area contributed by atoms with Gasteiger partial charge in [-0.1, -0.05) is 25.2 Å². The third kappa shape index (κ3) is 3.13. The summed E-state index contributed by atoms with van der Waals surface area (Å²) in [5.41, 5.74) is 8.81. The average molecular weight is 324 g/mol. The summed E-state index contributed by atoms with van der Waals surface area (Å²) in [5.74, 6) is 0. The van der Waals surface area contributed by atoms with Gasteiger partial charge in [0.2, 0.25) is 0 Å². The van der Waals surface area contributed by atoms with Crippen LogP contribution < -0.4 is 11.1 Å². The molecule has 1 aromatic carbocycles. The number of aryl methyl sites for hydroxylation is 2. The van der Waals surface area contributed by atoms with E-state index in [1.807, 2.05) is 24.5 Å². The fourth-order valence-electron chi connectivity index (χ4n) is 1.98. The number of nitrogens with zero attached hydrogens (tertiary/aromatic N) is 1. The van der Waals surface area contributed by atoms with Gasteiger partial charge in [0.1, 0.15) is 4.99 Å². The van der Waals surface area contributed by atoms with E-state index in [1.165, 1.54) is 4.88 Å². The average Bonchev–Trinajstić information content (AvgIpc) is 2.78. The first-order valence-corrected chi connectivity index (χ1v) is 8.71. The van der Waals surface area contributed by atoms with Crippen LogP contribution in [0.2, 0.25) is 0 Å². The van der Waals surface area contributed by atoms with E-state index in [2.05, 4.69) is 24.1 Å². The Bertz CT molecular complexity index is 635. The Morgan fingerprint density at radius 3 is 2.80 bits per heavy atom. The summed E-state index contributed by atoms with van der Waals surface area (Å²) < 4.78 is 0. The summed E-state index contributed by atoms with van der Waals surface area (Å²) in [6.45, 7) is 4.20. The topological polar surface area (TPSA) is 50.9 Å². The lowest BCUT2D eigenvalue weighted by Crippen LogP contribution is -2.13. The van der Waals surface area contributed by atoms with Crippen molar-refractivity contribution >= 4 is 51.1 Å². The Hall–Kier alpha value is -1.11. The van der Waals surface area contributed by atoms with Crippen molar-refractivity contribution in [1.82, 2.24) is 4.98 Å². The monoisotopic (exact) mass is 323 g/mol. The quantitative estimate of drug-likeness (QED) is 0.640. The number of thioether (sulfide) groups is 1. The number of thiocarbonyl (C=S) groups is 1. The van der Waals surface area contributed by atoms with Crippen LogP contribution >= 0.6 is 35.3 Å². The van der Waals surface area contributed by atoms with Crippen LogP contribution in [0.3, 0.4) is 0 Å². The summed E-state index contributed by atoms with van der Waals surface area (Å²) in [5, 5.41) is 4.24. The molecule has 2 aromatic rings. The third-order valence-corrected chi connectivity index (χ3v) is 4.87. The molecule has 0 aliphatic carbocycles. The molecular weight excluding hydrogens is 306 g/mol. The fourth-order valence-corrected chi connectivity index (χ4v) is 3.82. The summed E-state index contributed by atoms with van der Waals surface area (Å²) in [6.07, 6.45) is 2.96. The molecule has 0 saturated heterocycles. The van der Waals surface area contributed by atoms with Crippen molar-refractivity contribution in [2.45, 2.75) is 25.2 Å². The van der Waals surface area contributed by atoms with Gasteiger partial charge in [-0.05, 0) is 31.7 Å². The molecule has 0 saturated carbocycles. The SMILES string of the molecule is CCc1nc(Nc2cccc(SC)c2C(N)=S)sc1C. The second-order valence-electron chi connectivity index (χ2n) is 4.25. The molecule has 0 radical (unpaired) electrons. The zero-order chi connectivity index (χ0) is 14.7. The highest BCUT2D eigenvalue weighted by Crippen LogP contribution is 2.31. The lowest BCUT2D eigenvalue weighted by Gasteiger charge is -2.12. The molecule has 0 aliphatic heterocycles. The van der Waals surface area contributed by atoms with Crippen molar-refractivity contribution in [3.8, 4) is 0 Å². The van der Waals surface area contributed by atoms with Gasteiger partial charge in [-0.2, -0.15) is 0 Å². The van der Waals surface area contributed by atoms with Gasteiger partial charge in [-0.25, -0.2) is 4.98 Å². The van der Waals surface area contributed by atoms with Crippen LogP contribution in [0.4, 0.5) is 10.8 Å². The van der Waals surface area contributed by atoms with E-state index >= 15 is 0 Å². The Labute approximate surface area is 133 Å². The number of hydrogen-bond donors (Lipinski definition) is 2. The smallest absolute Gasteiger partial charge is 0.187 e. The molecule has 0 atom stereocenters. The second-order valence-corrected chi connectivity index (χ2v) is 6.74. The molecular formula is C14H17N3S3. The van der Waals surface area contributed by atoms with Crippen molar-refractivity contribution in [1.29, 1.82) is 0 Å². The predicted molar refractivity (Wildman–Crippen MR) is 93.6 cm³/mol. The van der Waals surface area contributed by atoms with E-state index in [9.17, 15) is 0 Å². The number of rotatable bonds is 5. The molecule has 2 rings (SSSR count). The van der Waals surface area contributed by atoms with Crippen LogP contribution in [-0.2, 0) is 6.42 Å². The van der Waals surface area contributed by atoms with Crippen LogP contribution in [0, 0.1) is 6.92 Å². The first-order valence-electron chi connectivity index (χ1n) is 6.27. The molecule has 106 valence electrons. The second kappa shape index (κ2) is 6.56. The molecule has 0 spiro atoms. The zero-order valence-electron chi connectivity index (χ0n) is 11.7. The number of thiazole rings is 1. The molecule has 1 heterocycles. The standard InChI is InChI=1S/C14H17N3S3/c1-4-9-8(2)20-14(16-9)17-10-6-5-7-11(19-3)12(10)13(15)18/h5-7H,4H2,1-3H3,(H2,15,18)(H,16,17). The highest BCUT2D eigenvalue weighted by atomic mass is 32.2. The molecule has 0 unspecified atom stereocenters. The zero-order valence-corrected chi connectivity index (χ0v) is 14.1. The van der Waals surface area contributed by atoms with Crippen molar-refractivity contribution in [3.63, 3.8) is 0 Å². The summed E-state index contributed by atoms with van der Waals surface area (Å²) >= 11 is 8.47. The first kappa shape index (κ1) is 15.3. The molecule has 20 heavy (non-hydrogen) atoms. The van der Waals surface area contributed by atoms with Crippen LogP contribution in [0.25, 0.3) is 0 Å². The minimum absolute atomic E-state index is 0.404. The van der Waals surface area contributed by atoms with Crippen molar-refractivity contribution in [3.05, 3.63) is 34.3 Å². The Balaban J connectivity index is 2.40. The van der Waals surface area contributed by atoms with Gasteiger partial charge >= 0.3 is 0 Å². The number of aromatic nitrogens is 1. The number of anilines is 2. The van der Waals surface area contributed by atoms with Crippen LogP contribution in [0.5, 0.6) is 0 Å². The van der Waals surface area contributed by atoms with E-state index < -0.39 is 0 Å². The maximum Gasteiger partial charge on any atom is 0.187 e. The highest BCUT2D eigenvalue weighted by molar-refractivity contribution is 7.98. The molecule has 0 amide bonds. The molecule has 1 aromatic heterocycles. The van der Waals surface area contributed by atoms with Gasteiger partial charge in [-0.15, -0.1) is 23.1 Å². The van der Waals surface area contributed by atoms with E-state index in [4.69, 9.17) is 18.0 Å². The van der Waals surface area contributed by atoms with Crippen LogP contribution in [0.15, 0.2) is 23.1 Å². The first-order chi connectivity index (χ1) is 9.56. The van der Waals surface area contributed by atoms with Crippen molar-refractivity contribution in [2.75, 3.05) is 11.6 Å². The molecule has 6 heteroatoms. The summed E-state index contributed by atoms with van der Waals surface area (Å²) in [7, 11) is 0. The minimum Gasteiger partial charge on any atom is -0.389 e. The number of nitrogens with one attached hydrogen (secondary N) is 1. The molecule has 0 bridgehead atoms. The fraction of sp³-hybridized carbons (Fsp3) is 0.286. The Morgan fingerprint density at radius 2 is 2.25 bits per heavy atom. The van der Waals surface area contributed by atoms with Gasteiger partial charge in [0.15, 0.2) is 5.13 Å². The van der Waals surface area contributed by atoms with Gasteiger partial charge in [0.25, 0.3) is 0 Å². The van der Waals surface area contributed by atoms with Gasteiger partial charge in [-0.3, -0.25) is 0 Å². The Kier molecular flexibility index (Phi) is 5.01. The molecule has 0 aliphatic rings. The van der Waals surface area contributed by atoms with Gasteiger partial charge in [0, 0.05) is 15.3 Å². The molecule has 3 nitrogen and oxygen atoms in total. The lowest BCUT2D eigenvalue weighted by molar-refractivity contribution is 1.05.